The number of halogens is 3. The van der Waals surface area contributed by atoms with Gasteiger partial charge in [-0.3, -0.25) is 19.6 Å². The van der Waals surface area contributed by atoms with Crippen molar-refractivity contribution in [2.24, 2.45) is 0 Å². The highest BCUT2D eigenvalue weighted by Gasteiger charge is 2.19. The van der Waals surface area contributed by atoms with Crippen molar-refractivity contribution in [3.05, 3.63) is 77.2 Å². The van der Waals surface area contributed by atoms with Gasteiger partial charge < -0.3 is 10.2 Å². The first-order chi connectivity index (χ1) is 14.8. The molecule has 0 saturated carbocycles. The van der Waals surface area contributed by atoms with Crippen LogP contribution in [0.3, 0.4) is 0 Å². The van der Waals surface area contributed by atoms with Gasteiger partial charge >= 0.3 is 0 Å². The Hall–Kier alpha value is -3.39. The SMILES string of the molecule is CC(=O)N(CC(F)F)c1ccc(-c2ccc(C(=O)NCc3cccnc3)cn2)cc1Cl. The monoisotopic (exact) mass is 444 g/mol. The van der Waals surface area contributed by atoms with E-state index in [4.69, 9.17) is 11.6 Å². The molecule has 1 N–H and O–H groups in total. The first-order valence-electron chi connectivity index (χ1n) is 9.34. The van der Waals surface area contributed by atoms with Crippen molar-refractivity contribution in [2.75, 3.05) is 11.4 Å². The fourth-order valence-electron chi connectivity index (χ4n) is 2.91. The van der Waals surface area contributed by atoms with E-state index in [2.05, 4.69) is 15.3 Å². The number of aromatic nitrogens is 2. The van der Waals surface area contributed by atoms with E-state index in [0.717, 1.165) is 10.5 Å². The Kier molecular flexibility index (Phi) is 7.25. The Morgan fingerprint density at radius 2 is 1.97 bits per heavy atom. The largest absolute Gasteiger partial charge is 0.348 e. The van der Waals surface area contributed by atoms with E-state index in [1.807, 2.05) is 6.07 Å². The molecule has 3 rings (SSSR count). The number of amides is 2. The normalized spacial score (nSPS) is 10.7. The van der Waals surface area contributed by atoms with Crippen LogP contribution in [-0.4, -0.2) is 34.8 Å². The summed E-state index contributed by atoms with van der Waals surface area (Å²) in [5, 5.41) is 2.94. The van der Waals surface area contributed by atoms with E-state index in [0.29, 0.717) is 23.4 Å². The number of hydrogen-bond donors (Lipinski definition) is 1. The summed E-state index contributed by atoms with van der Waals surface area (Å²) >= 11 is 6.25. The molecule has 0 aliphatic carbocycles. The average Bonchev–Trinajstić information content (AvgIpc) is 2.76. The van der Waals surface area contributed by atoms with E-state index in [9.17, 15) is 18.4 Å². The molecular formula is C22H19ClF2N4O2. The van der Waals surface area contributed by atoms with Crippen LogP contribution in [0.5, 0.6) is 0 Å². The maximum atomic E-state index is 12.8. The third kappa shape index (κ3) is 5.82. The van der Waals surface area contributed by atoms with E-state index >= 15 is 0 Å². The van der Waals surface area contributed by atoms with Gasteiger partial charge in [0.15, 0.2) is 0 Å². The van der Waals surface area contributed by atoms with Crippen molar-refractivity contribution in [2.45, 2.75) is 19.9 Å². The molecule has 31 heavy (non-hydrogen) atoms. The number of alkyl halides is 2. The van der Waals surface area contributed by atoms with Gasteiger partial charge in [-0.1, -0.05) is 23.7 Å². The lowest BCUT2D eigenvalue weighted by Gasteiger charge is -2.22. The summed E-state index contributed by atoms with van der Waals surface area (Å²) in [4.78, 5) is 33.2. The van der Waals surface area contributed by atoms with Gasteiger partial charge in [-0.05, 0) is 35.9 Å². The van der Waals surface area contributed by atoms with E-state index in [-0.39, 0.29) is 16.6 Å². The van der Waals surface area contributed by atoms with Crippen molar-refractivity contribution in [1.29, 1.82) is 0 Å². The molecule has 1 aromatic carbocycles. The fraction of sp³-hybridized carbons (Fsp3) is 0.182. The minimum atomic E-state index is -2.68. The predicted molar refractivity (Wildman–Crippen MR) is 114 cm³/mol. The number of nitrogens with one attached hydrogen (secondary N) is 1. The van der Waals surface area contributed by atoms with Gasteiger partial charge in [0.1, 0.15) is 0 Å². The molecule has 3 aromatic rings. The molecule has 0 bridgehead atoms. The Balaban J connectivity index is 1.72. The molecular weight excluding hydrogens is 426 g/mol. The first-order valence-corrected chi connectivity index (χ1v) is 9.72. The van der Waals surface area contributed by atoms with Crippen LogP contribution >= 0.6 is 11.6 Å². The highest BCUT2D eigenvalue weighted by atomic mass is 35.5. The Bertz CT molecular complexity index is 1060. The lowest BCUT2D eigenvalue weighted by molar-refractivity contribution is -0.117. The minimum absolute atomic E-state index is 0.147. The maximum absolute atomic E-state index is 12.8. The van der Waals surface area contributed by atoms with Crippen LogP contribution in [-0.2, 0) is 11.3 Å². The van der Waals surface area contributed by atoms with Crippen LogP contribution in [0.1, 0.15) is 22.8 Å². The topological polar surface area (TPSA) is 75.2 Å². The smallest absolute Gasteiger partial charge is 0.256 e. The number of carbonyl (C=O) groups excluding carboxylic acids is 2. The average molecular weight is 445 g/mol. The van der Waals surface area contributed by atoms with Gasteiger partial charge in [0, 0.05) is 37.6 Å². The van der Waals surface area contributed by atoms with Gasteiger partial charge in [0.25, 0.3) is 12.3 Å². The fourth-order valence-corrected chi connectivity index (χ4v) is 3.19. The van der Waals surface area contributed by atoms with Crippen molar-refractivity contribution in [3.63, 3.8) is 0 Å². The number of pyridine rings is 2. The highest BCUT2D eigenvalue weighted by molar-refractivity contribution is 6.34. The summed E-state index contributed by atoms with van der Waals surface area (Å²) in [6, 6.07) is 11.6. The number of rotatable bonds is 7. The number of benzene rings is 1. The van der Waals surface area contributed by atoms with Crippen LogP contribution in [0.2, 0.25) is 5.02 Å². The molecule has 2 aromatic heterocycles. The van der Waals surface area contributed by atoms with Gasteiger partial charge in [0.2, 0.25) is 5.91 Å². The molecule has 2 amide bonds. The predicted octanol–water partition coefficient (Wildman–Crippen LogP) is 4.35. The minimum Gasteiger partial charge on any atom is -0.348 e. The van der Waals surface area contributed by atoms with Crippen LogP contribution in [0.15, 0.2) is 61.1 Å². The van der Waals surface area contributed by atoms with Gasteiger partial charge in [-0.15, -0.1) is 0 Å². The third-order valence-electron chi connectivity index (χ3n) is 4.44. The van der Waals surface area contributed by atoms with E-state index < -0.39 is 18.9 Å². The lowest BCUT2D eigenvalue weighted by atomic mass is 10.1. The number of carbonyl (C=O) groups is 2. The van der Waals surface area contributed by atoms with Crippen molar-refractivity contribution < 1.29 is 18.4 Å². The molecule has 0 unspecified atom stereocenters. The molecule has 0 saturated heterocycles. The van der Waals surface area contributed by atoms with E-state index in [1.54, 1.807) is 42.7 Å². The molecule has 0 radical (unpaired) electrons. The molecule has 0 spiro atoms. The second kappa shape index (κ2) is 10.1. The number of anilines is 1. The zero-order chi connectivity index (χ0) is 22.4. The Morgan fingerprint density at radius 3 is 2.55 bits per heavy atom. The maximum Gasteiger partial charge on any atom is 0.256 e. The van der Waals surface area contributed by atoms with E-state index in [1.165, 1.54) is 19.2 Å². The second-order valence-electron chi connectivity index (χ2n) is 6.66. The van der Waals surface area contributed by atoms with Crippen LogP contribution < -0.4 is 10.2 Å². The molecule has 0 aliphatic heterocycles. The molecule has 160 valence electrons. The zero-order valence-corrected chi connectivity index (χ0v) is 17.3. The van der Waals surface area contributed by atoms with Crippen LogP contribution in [0.4, 0.5) is 14.5 Å². The summed E-state index contributed by atoms with van der Waals surface area (Å²) in [7, 11) is 0. The molecule has 0 atom stereocenters. The Morgan fingerprint density at radius 1 is 1.16 bits per heavy atom. The lowest BCUT2D eigenvalue weighted by Crippen LogP contribution is -2.33. The third-order valence-corrected chi connectivity index (χ3v) is 4.74. The summed E-state index contributed by atoms with van der Waals surface area (Å²) in [6.07, 6.45) is 2.08. The molecule has 0 aliphatic rings. The van der Waals surface area contributed by atoms with Crippen molar-refractivity contribution >= 4 is 29.1 Å². The summed E-state index contributed by atoms with van der Waals surface area (Å²) in [6.45, 7) is 0.804. The van der Waals surface area contributed by atoms with Crippen molar-refractivity contribution in [1.82, 2.24) is 15.3 Å². The Labute approximate surface area is 182 Å². The standard InChI is InChI=1S/C22H19ClF2N4O2/c1-14(30)29(13-21(24)25)20-7-5-16(9-18(20)23)19-6-4-17(12-27-19)22(31)28-11-15-3-2-8-26-10-15/h2-10,12,21H,11,13H2,1H3,(H,28,31). The van der Waals surface area contributed by atoms with Gasteiger partial charge in [0.05, 0.1) is 28.5 Å². The number of nitrogens with zero attached hydrogens (tertiary/aromatic N) is 3. The van der Waals surface area contributed by atoms with Crippen LogP contribution in [0.25, 0.3) is 11.3 Å². The molecule has 2 heterocycles. The molecule has 9 heteroatoms. The summed E-state index contributed by atoms with van der Waals surface area (Å²) in [5.41, 5.74) is 2.62. The van der Waals surface area contributed by atoms with Crippen LogP contribution in [0, 0.1) is 0 Å². The van der Waals surface area contributed by atoms with Gasteiger partial charge in [-0.2, -0.15) is 0 Å². The number of hydrogen-bond acceptors (Lipinski definition) is 4. The molecule has 6 nitrogen and oxygen atoms in total. The zero-order valence-electron chi connectivity index (χ0n) is 16.6. The van der Waals surface area contributed by atoms with Gasteiger partial charge in [-0.25, -0.2) is 8.78 Å². The summed E-state index contributed by atoms with van der Waals surface area (Å²) < 4.78 is 25.6. The quantitative estimate of drug-likeness (QED) is 0.588. The summed E-state index contributed by atoms with van der Waals surface area (Å²) in [5.74, 6) is -0.810. The molecule has 0 fully saturated rings. The first kappa shape index (κ1) is 22.3. The van der Waals surface area contributed by atoms with Crippen molar-refractivity contribution in [3.8, 4) is 11.3 Å². The highest BCUT2D eigenvalue weighted by Crippen LogP contribution is 2.31. The second-order valence-corrected chi connectivity index (χ2v) is 7.07.